The second kappa shape index (κ2) is 2.50. The van der Waals surface area contributed by atoms with Crippen LogP contribution >= 0.6 is 11.8 Å². The maximum Gasteiger partial charge on any atom is 0.0633 e. The molecule has 7 heavy (non-hydrogen) atoms. The van der Waals surface area contributed by atoms with Crippen LogP contribution < -0.4 is 4.84 Å². The molecule has 0 aliphatic carbocycles. The number of halogens is 1. The Morgan fingerprint density at radius 1 is 1.71 bits per heavy atom. The van der Waals surface area contributed by atoms with Crippen LogP contribution in [0.1, 0.15) is 6.42 Å². The van der Waals surface area contributed by atoms with Gasteiger partial charge in [0.1, 0.15) is 0 Å². The van der Waals surface area contributed by atoms with Gasteiger partial charge in [-0.1, -0.05) is 0 Å². The van der Waals surface area contributed by atoms with Crippen molar-refractivity contribution in [3.63, 3.8) is 0 Å². The summed E-state index contributed by atoms with van der Waals surface area (Å²) >= 11 is 5.28. The monoisotopic (exact) mass is 121 g/mol. The van der Waals surface area contributed by atoms with Crippen molar-refractivity contribution in [3.8, 4) is 0 Å². The summed E-state index contributed by atoms with van der Waals surface area (Å²) in [6.45, 7) is 1.62. The van der Waals surface area contributed by atoms with Crippen molar-refractivity contribution in [3.05, 3.63) is 0 Å². The van der Waals surface area contributed by atoms with Crippen molar-refractivity contribution in [1.82, 2.24) is 4.84 Å². The van der Waals surface area contributed by atoms with E-state index in [4.69, 9.17) is 16.5 Å². The molecule has 0 spiro atoms. The van der Waals surface area contributed by atoms with E-state index in [1.165, 1.54) is 0 Å². The van der Waals surface area contributed by atoms with Crippen LogP contribution in [0.4, 0.5) is 0 Å². The molecule has 1 fully saturated rings. The van der Waals surface area contributed by atoms with Gasteiger partial charge in [-0.05, 0) is 18.2 Å². The summed E-state index contributed by atoms with van der Waals surface area (Å²) < 4.78 is 5.00. The van der Waals surface area contributed by atoms with Crippen LogP contribution in [0.25, 0.3) is 0 Å². The van der Waals surface area contributed by atoms with Crippen LogP contribution in [-0.4, -0.2) is 19.3 Å². The molecule has 0 bridgehead atoms. The SMILES string of the molecule is ClN[C@H]1CCOC1. The molecule has 0 radical (unpaired) electrons. The van der Waals surface area contributed by atoms with Gasteiger partial charge in [0, 0.05) is 12.6 Å². The first-order valence-electron chi connectivity index (χ1n) is 2.37. The molecular formula is C4H8ClNO. The van der Waals surface area contributed by atoms with Gasteiger partial charge in [0.15, 0.2) is 0 Å². The average molecular weight is 122 g/mol. The Bertz CT molecular complexity index is 53.7. The van der Waals surface area contributed by atoms with E-state index < -0.39 is 0 Å². The van der Waals surface area contributed by atoms with Crippen molar-refractivity contribution in [2.24, 2.45) is 0 Å². The highest BCUT2D eigenvalue weighted by atomic mass is 35.5. The molecule has 42 valence electrons. The van der Waals surface area contributed by atoms with Gasteiger partial charge in [-0.25, -0.2) is 4.84 Å². The van der Waals surface area contributed by atoms with E-state index in [0.29, 0.717) is 6.04 Å². The Morgan fingerprint density at radius 2 is 2.57 bits per heavy atom. The minimum absolute atomic E-state index is 0.390. The number of nitrogens with one attached hydrogen (secondary N) is 1. The van der Waals surface area contributed by atoms with Crippen LogP contribution in [-0.2, 0) is 4.74 Å². The molecular weight excluding hydrogens is 114 g/mol. The number of hydrogen-bond donors (Lipinski definition) is 1. The Balaban J connectivity index is 2.14. The first-order valence-corrected chi connectivity index (χ1v) is 2.75. The third-order valence-electron chi connectivity index (χ3n) is 1.08. The number of hydrogen-bond acceptors (Lipinski definition) is 2. The zero-order valence-corrected chi connectivity index (χ0v) is 4.74. The zero-order valence-electron chi connectivity index (χ0n) is 3.98. The Morgan fingerprint density at radius 3 is 2.86 bits per heavy atom. The molecule has 0 aromatic rings. The third-order valence-corrected chi connectivity index (χ3v) is 1.39. The number of rotatable bonds is 1. The largest absolute Gasteiger partial charge is 0.380 e. The van der Waals surface area contributed by atoms with E-state index >= 15 is 0 Å². The minimum Gasteiger partial charge on any atom is -0.380 e. The van der Waals surface area contributed by atoms with E-state index in [1.807, 2.05) is 0 Å². The zero-order chi connectivity index (χ0) is 5.11. The van der Waals surface area contributed by atoms with Crippen LogP contribution in [0.3, 0.4) is 0 Å². The quantitative estimate of drug-likeness (QED) is 0.511. The van der Waals surface area contributed by atoms with Crippen LogP contribution in [0.15, 0.2) is 0 Å². The summed E-state index contributed by atoms with van der Waals surface area (Å²) in [4.78, 5) is 2.61. The van der Waals surface area contributed by atoms with Gasteiger partial charge >= 0.3 is 0 Å². The Hall–Kier alpha value is 0.210. The van der Waals surface area contributed by atoms with Gasteiger partial charge in [0.2, 0.25) is 0 Å². The Labute approximate surface area is 47.9 Å². The topological polar surface area (TPSA) is 21.3 Å². The summed E-state index contributed by atoms with van der Waals surface area (Å²) in [5.74, 6) is 0. The van der Waals surface area contributed by atoms with Crippen molar-refractivity contribution in [1.29, 1.82) is 0 Å². The predicted molar refractivity (Wildman–Crippen MR) is 28.2 cm³/mol. The highest BCUT2D eigenvalue weighted by Crippen LogP contribution is 2.02. The first kappa shape index (κ1) is 5.35. The molecule has 1 aliphatic rings. The van der Waals surface area contributed by atoms with E-state index in [9.17, 15) is 0 Å². The molecule has 1 saturated heterocycles. The Kier molecular flexibility index (Phi) is 1.91. The smallest absolute Gasteiger partial charge is 0.0633 e. The molecule has 0 amide bonds. The van der Waals surface area contributed by atoms with Gasteiger partial charge in [-0.2, -0.15) is 0 Å². The predicted octanol–water partition coefficient (Wildman–Crippen LogP) is 0.519. The lowest BCUT2D eigenvalue weighted by Crippen LogP contribution is -2.19. The fourth-order valence-electron chi connectivity index (χ4n) is 0.621. The summed E-state index contributed by atoms with van der Waals surface area (Å²) in [6, 6.07) is 0.390. The van der Waals surface area contributed by atoms with Crippen LogP contribution in [0, 0.1) is 0 Å². The highest BCUT2D eigenvalue weighted by Gasteiger charge is 2.12. The van der Waals surface area contributed by atoms with Gasteiger partial charge < -0.3 is 4.74 Å². The lowest BCUT2D eigenvalue weighted by molar-refractivity contribution is 0.193. The minimum atomic E-state index is 0.390. The lowest BCUT2D eigenvalue weighted by atomic mass is 10.3. The maximum absolute atomic E-state index is 5.28. The van der Waals surface area contributed by atoms with E-state index in [0.717, 1.165) is 19.6 Å². The molecule has 1 N–H and O–H groups in total. The van der Waals surface area contributed by atoms with Crippen LogP contribution in [0.5, 0.6) is 0 Å². The second-order valence-corrected chi connectivity index (χ2v) is 1.89. The van der Waals surface area contributed by atoms with E-state index in [1.54, 1.807) is 0 Å². The summed E-state index contributed by atoms with van der Waals surface area (Å²) in [7, 11) is 0. The molecule has 1 rings (SSSR count). The van der Waals surface area contributed by atoms with Gasteiger partial charge in [-0.3, -0.25) is 0 Å². The summed E-state index contributed by atoms with van der Waals surface area (Å²) in [6.07, 6.45) is 1.05. The van der Waals surface area contributed by atoms with Crippen molar-refractivity contribution >= 4 is 11.8 Å². The van der Waals surface area contributed by atoms with Crippen molar-refractivity contribution in [2.75, 3.05) is 13.2 Å². The molecule has 0 aromatic carbocycles. The second-order valence-electron chi connectivity index (χ2n) is 1.67. The van der Waals surface area contributed by atoms with Crippen molar-refractivity contribution < 1.29 is 4.74 Å². The fraction of sp³-hybridized carbons (Fsp3) is 1.00. The van der Waals surface area contributed by atoms with Gasteiger partial charge in [0.25, 0.3) is 0 Å². The van der Waals surface area contributed by atoms with Crippen LogP contribution in [0.2, 0.25) is 0 Å². The summed E-state index contributed by atoms with van der Waals surface area (Å²) in [5, 5.41) is 0. The molecule has 3 heteroatoms. The van der Waals surface area contributed by atoms with Crippen molar-refractivity contribution in [2.45, 2.75) is 12.5 Å². The third kappa shape index (κ3) is 1.30. The maximum atomic E-state index is 5.28. The van der Waals surface area contributed by atoms with E-state index in [2.05, 4.69) is 4.84 Å². The average Bonchev–Trinajstić information content (AvgIpc) is 2.14. The molecule has 2 nitrogen and oxygen atoms in total. The molecule has 0 unspecified atom stereocenters. The fourth-order valence-corrected chi connectivity index (χ4v) is 0.793. The summed E-state index contributed by atoms with van der Waals surface area (Å²) in [5.41, 5.74) is 0. The lowest BCUT2D eigenvalue weighted by Gasteiger charge is -1.98. The van der Waals surface area contributed by atoms with E-state index in [-0.39, 0.29) is 0 Å². The molecule has 1 aliphatic heterocycles. The highest BCUT2D eigenvalue weighted by molar-refractivity contribution is 6.13. The first-order chi connectivity index (χ1) is 3.43. The van der Waals surface area contributed by atoms with Gasteiger partial charge in [0.05, 0.1) is 6.61 Å². The number of ether oxygens (including phenoxy) is 1. The van der Waals surface area contributed by atoms with Gasteiger partial charge in [-0.15, -0.1) is 0 Å². The normalized spacial score (nSPS) is 31.3. The molecule has 1 heterocycles. The molecule has 0 aromatic heterocycles. The molecule has 0 saturated carbocycles. The molecule has 1 atom stereocenters. The standard InChI is InChI=1S/C4H8ClNO/c5-6-4-1-2-7-3-4/h4,6H,1-3H2/t4-/m0/s1.